The zero-order chi connectivity index (χ0) is 12.4. The van der Waals surface area contributed by atoms with E-state index in [1.54, 1.807) is 11.9 Å². The normalized spacial score (nSPS) is 10.5. The molecule has 0 bridgehead atoms. The molecule has 3 N–H and O–H groups in total. The lowest BCUT2D eigenvalue weighted by atomic mass is 10.3. The van der Waals surface area contributed by atoms with Gasteiger partial charge in [0.25, 0.3) is 5.91 Å². The lowest BCUT2D eigenvalue weighted by molar-refractivity contribution is 0.0787. The molecule has 0 aliphatic rings. The number of carbonyl (C=O) groups is 1. The number of thiophene rings is 1. The molecular weight excluding hydrogens is 260 g/mol. The van der Waals surface area contributed by atoms with Gasteiger partial charge >= 0.3 is 0 Å². The smallest absolute Gasteiger partial charge is 0.259 e. The van der Waals surface area contributed by atoms with Crippen LogP contribution in [-0.2, 0) is 6.54 Å². The maximum atomic E-state index is 12.0. The summed E-state index contributed by atoms with van der Waals surface area (Å²) >= 11 is 7.28. The van der Waals surface area contributed by atoms with Crippen LogP contribution >= 0.6 is 22.9 Å². The predicted octanol–water partition coefficient (Wildman–Crippen LogP) is 1.98. The number of H-pyrrole nitrogens is 1. The average molecular weight is 271 g/mol. The van der Waals surface area contributed by atoms with Crippen LogP contribution in [0, 0.1) is 0 Å². The second-order valence-electron chi connectivity index (χ2n) is 3.56. The second kappa shape index (κ2) is 4.77. The molecule has 0 spiro atoms. The van der Waals surface area contributed by atoms with E-state index in [4.69, 9.17) is 17.3 Å². The molecule has 17 heavy (non-hydrogen) atoms. The fraction of sp³-hybridized carbons (Fsp3) is 0.200. The van der Waals surface area contributed by atoms with E-state index < -0.39 is 0 Å². The van der Waals surface area contributed by atoms with Crippen LogP contribution in [0.2, 0.25) is 4.34 Å². The van der Waals surface area contributed by atoms with E-state index in [-0.39, 0.29) is 11.7 Å². The number of aromatic amines is 1. The summed E-state index contributed by atoms with van der Waals surface area (Å²) in [5.74, 6) is 0.117. The lowest BCUT2D eigenvalue weighted by Crippen LogP contribution is -2.26. The summed E-state index contributed by atoms with van der Waals surface area (Å²) < 4.78 is 0.712. The zero-order valence-corrected chi connectivity index (χ0v) is 10.7. The van der Waals surface area contributed by atoms with E-state index in [9.17, 15) is 4.79 Å². The van der Waals surface area contributed by atoms with Crippen molar-refractivity contribution in [2.24, 2.45) is 0 Å². The number of aromatic nitrogens is 2. The van der Waals surface area contributed by atoms with Gasteiger partial charge in [-0.2, -0.15) is 5.10 Å². The van der Waals surface area contributed by atoms with Crippen molar-refractivity contribution in [3.05, 3.63) is 33.1 Å². The van der Waals surface area contributed by atoms with Crippen molar-refractivity contribution in [1.82, 2.24) is 15.1 Å². The van der Waals surface area contributed by atoms with Gasteiger partial charge in [-0.15, -0.1) is 11.3 Å². The first-order valence-corrected chi connectivity index (χ1v) is 6.06. The van der Waals surface area contributed by atoms with Crippen LogP contribution in [0.15, 0.2) is 18.3 Å². The first kappa shape index (κ1) is 11.9. The topological polar surface area (TPSA) is 75.0 Å². The third-order valence-electron chi connectivity index (χ3n) is 2.27. The van der Waals surface area contributed by atoms with Crippen molar-refractivity contribution in [2.45, 2.75) is 6.54 Å². The van der Waals surface area contributed by atoms with Crippen LogP contribution in [0.25, 0.3) is 0 Å². The first-order chi connectivity index (χ1) is 8.08. The molecule has 0 unspecified atom stereocenters. The molecule has 0 saturated heterocycles. The molecule has 0 atom stereocenters. The molecule has 7 heteroatoms. The molecule has 2 heterocycles. The molecule has 2 rings (SSSR count). The predicted molar refractivity (Wildman–Crippen MR) is 68.1 cm³/mol. The SMILES string of the molecule is CN(Cc1ccc(Cl)s1)C(=O)c1cn[nH]c1N. The van der Waals surface area contributed by atoms with Gasteiger partial charge in [0, 0.05) is 11.9 Å². The van der Waals surface area contributed by atoms with Gasteiger partial charge in [0.2, 0.25) is 0 Å². The molecule has 0 aliphatic heterocycles. The number of carbonyl (C=O) groups excluding carboxylic acids is 1. The summed E-state index contributed by atoms with van der Waals surface area (Å²) in [6, 6.07) is 3.71. The summed E-state index contributed by atoms with van der Waals surface area (Å²) in [6.07, 6.45) is 1.43. The van der Waals surface area contributed by atoms with Crippen LogP contribution in [0.5, 0.6) is 0 Å². The van der Waals surface area contributed by atoms with Crippen molar-refractivity contribution >= 4 is 34.7 Å². The number of amides is 1. The van der Waals surface area contributed by atoms with Crippen LogP contribution in [0.3, 0.4) is 0 Å². The number of anilines is 1. The summed E-state index contributed by atoms with van der Waals surface area (Å²) in [5.41, 5.74) is 5.98. The summed E-state index contributed by atoms with van der Waals surface area (Å²) in [7, 11) is 1.71. The third-order valence-corrected chi connectivity index (χ3v) is 3.48. The molecule has 0 aliphatic carbocycles. The van der Waals surface area contributed by atoms with Crippen LogP contribution in [0.4, 0.5) is 5.82 Å². The molecule has 0 aromatic carbocycles. The largest absolute Gasteiger partial charge is 0.383 e. The molecule has 0 fully saturated rings. The Morgan fingerprint density at radius 1 is 1.65 bits per heavy atom. The number of rotatable bonds is 3. The van der Waals surface area contributed by atoms with Gasteiger partial charge in [-0.1, -0.05) is 11.6 Å². The standard InChI is InChI=1S/C10H11ClN4OS/c1-15(5-6-2-3-8(11)17-6)10(16)7-4-13-14-9(7)12/h2-4H,5H2,1H3,(H3,12,13,14). The fourth-order valence-corrected chi connectivity index (χ4v) is 2.56. The maximum absolute atomic E-state index is 12.0. The number of halogens is 1. The van der Waals surface area contributed by atoms with Crippen molar-refractivity contribution in [3.8, 4) is 0 Å². The van der Waals surface area contributed by atoms with Crippen molar-refractivity contribution in [3.63, 3.8) is 0 Å². The maximum Gasteiger partial charge on any atom is 0.259 e. The van der Waals surface area contributed by atoms with Gasteiger partial charge in [0.15, 0.2) is 0 Å². The second-order valence-corrected chi connectivity index (χ2v) is 5.36. The Labute approximate surface area is 107 Å². The highest BCUT2D eigenvalue weighted by Crippen LogP contribution is 2.23. The van der Waals surface area contributed by atoms with Gasteiger partial charge in [-0.25, -0.2) is 0 Å². The van der Waals surface area contributed by atoms with Gasteiger partial charge in [0.05, 0.1) is 17.1 Å². The third kappa shape index (κ3) is 2.59. The van der Waals surface area contributed by atoms with Crippen molar-refractivity contribution < 1.29 is 4.79 Å². The molecule has 0 radical (unpaired) electrons. The Balaban J connectivity index is 2.08. The Hall–Kier alpha value is -1.53. The van der Waals surface area contributed by atoms with Crippen LogP contribution in [0.1, 0.15) is 15.2 Å². The monoisotopic (exact) mass is 270 g/mol. The van der Waals surface area contributed by atoms with Crippen LogP contribution in [-0.4, -0.2) is 28.1 Å². The molecule has 90 valence electrons. The van der Waals surface area contributed by atoms with E-state index in [0.29, 0.717) is 16.4 Å². The number of nitrogens with two attached hydrogens (primary N) is 1. The molecular formula is C10H11ClN4OS. The van der Waals surface area contributed by atoms with E-state index in [1.165, 1.54) is 17.5 Å². The Morgan fingerprint density at radius 2 is 2.41 bits per heavy atom. The highest BCUT2D eigenvalue weighted by Gasteiger charge is 2.16. The summed E-state index contributed by atoms with van der Waals surface area (Å²) in [5, 5.41) is 6.25. The van der Waals surface area contributed by atoms with E-state index in [0.717, 1.165) is 4.88 Å². The highest BCUT2D eigenvalue weighted by molar-refractivity contribution is 7.16. The zero-order valence-electron chi connectivity index (χ0n) is 9.11. The lowest BCUT2D eigenvalue weighted by Gasteiger charge is -2.15. The molecule has 1 amide bonds. The van der Waals surface area contributed by atoms with E-state index in [2.05, 4.69) is 10.2 Å². The van der Waals surface area contributed by atoms with Crippen molar-refractivity contribution in [2.75, 3.05) is 12.8 Å². The van der Waals surface area contributed by atoms with E-state index in [1.807, 2.05) is 12.1 Å². The number of hydrogen-bond donors (Lipinski definition) is 2. The number of nitrogens with one attached hydrogen (secondary N) is 1. The summed E-state index contributed by atoms with van der Waals surface area (Å²) in [6.45, 7) is 0.501. The number of nitrogen functional groups attached to an aromatic ring is 1. The van der Waals surface area contributed by atoms with Crippen LogP contribution < -0.4 is 5.73 Å². The van der Waals surface area contributed by atoms with Gasteiger partial charge in [-0.3, -0.25) is 9.89 Å². The minimum absolute atomic E-state index is 0.166. The molecule has 2 aromatic rings. The number of hydrogen-bond acceptors (Lipinski definition) is 4. The average Bonchev–Trinajstić information content (AvgIpc) is 2.86. The fourth-order valence-electron chi connectivity index (χ4n) is 1.41. The Bertz CT molecular complexity index is 536. The Morgan fingerprint density at radius 3 is 2.94 bits per heavy atom. The molecule has 0 saturated carbocycles. The van der Waals surface area contributed by atoms with E-state index >= 15 is 0 Å². The highest BCUT2D eigenvalue weighted by atomic mass is 35.5. The first-order valence-electron chi connectivity index (χ1n) is 4.86. The molecule has 2 aromatic heterocycles. The van der Waals surface area contributed by atoms with Crippen molar-refractivity contribution in [1.29, 1.82) is 0 Å². The molecule has 5 nitrogen and oxygen atoms in total. The van der Waals surface area contributed by atoms with Gasteiger partial charge in [-0.05, 0) is 12.1 Å². The minimum atomic E-state index is -0.166. The van der Waals surface area contributed by atoms with Gasteiger partial charge in [0.1, 0.15) is 11.4 Å². The summed E-state index contributed by atoms with van der Waals surface area (Å²) in [4.78, 5) is 14.6. The Kier molecular flexibility index (Phi) is 3.35. The minimum Gasteiger partial charge on any atom is -0.383 e. The quantitative estimate of drug-likeness (QED) is 0.895. The number of nitrogens with zero attached hydrogens (tertiary/aromatic N) is 2. The van der Waals surface area contributed by atoms with Gasteiger partial charge < -0.3 is 10.6 Å².